The number of hydrogen-bond acceptors (Lipinski definition) is 6. The van der Waals surface area contributed by atoms with Crippen LogP contribution in [-0.2, 0) is 33.0 Å². The minimum atomic E-state index is -5.08. The third kappa shape index (κ3) is 17.7. The molecule has 3 N–H and O–H groups in total. The fourth-order valence-electron chi connectivity index (χ4n) is 1.79. The van der Waals surface area contributed by atoms with E-state index in [4.69, 9.17) is 17.5 Å². The van der Waals surface area contributed by atoms with Crippen molar-refractivity contribution in [3.8, 4) is 0 Å². The monoisotopic (exact) mass is 473 g/mol. The van der Waals surface area contributed by atoms with Crippen molar-refractivity contribution < 1.29 is 52.6 Å². The Balaban J connectivity index is -0.000000336. The smallest absolute Gasteiger partial charge is 0.458 e. The lowest BCUT2D eigenvalue weighted by atomic mass is 10.4. The van der Waals surface area contributed by atoms with Gasteiger partial charge >= 0.3 is 11.0 Å². The molecule has 0 aromatic rings. The van der Waals surface area contributed by atoms with Gasteiger partial charge in [0.05, 0.1) is 54.6 Å². The Morgan fingerprint density at radius 2 is 1.19 bits per heavy atom. The Morgan fingerprint density at radius 1 is 0.889 bits per heavy atom. The maximum atomic E-state index is 11.2. The van der Waals surface area contributed by atoms with Crippen LogP contribution in [0.15, 0.2) is 0 Å². The van der Waals surface area contributed by atoms with Crippen molar-refractivity contribution in [2.75, 3.05) is 38.2 Å². The van der Waals surface area contributed by atoms with E-state index in [2.05, 4.69) is 7.05 Å². The average molecular weight is 474 g/mol. The summed E-state index contributed by atoms with van der Waals surface area (Å²) in [5.41, 5.74) is -10.2. The molecule has 1 fully saturated rings. The summed E-state index contributed by atoms with van der Waals surface area (Å²) in [4.78, 5) is 0. The van der Waals surface area contributed by atoms with Gasteiger partial charge in [0.15, 0.2) is 0 Å². The molecule has 1 aliphatic rings. The first-order valence-electron chi connectivity index (χ1n) is 7.06. The van der Waals surface area contributed by atoms with Crippen LogP contribution in [-0.4, -0.2) is 75.4 Å². The Hall–Kier alpha value is -0.130. The minimum Gasteiger partial charge on any atom is -0.766 e. The van der Waals surface area contributed by atoms with Crippen LogP contribution in [0.2, 0.25) is 0 Å². The molecule has 3 unspecified atom stereocenters. The Kier molecular flexibility index (Phi) is 16.3. The quantitative estimate of drug-likeness (QED) is 0.377. The molecule has 7 nitrogen and oxygen atoms in total. The predicted molar refractivity (Wildman–Crippen MR) is 88.5 cm³/mol. The largest absolute Gasteiger partial charge is 0.766 e. The molecule has 0 aromatic carbocycles. The molecule has 3 atom stereocenters. The standard InChI is InChI=1S/C9H20NOS.2CHF3O2S.H3N/c1-3-12(11)9-8-10(2)6-4-5-7-10;2*2-1(3,4)7(5)6;/h3-9H2,1-2H3;2*(H,5,6);1H3/q+1;;;/p-2. The first-order chi connectivity index (χ1) is 11.5. The van der Waals surface area contributed by atoms with Gasteiger partial charge in [-0.2, -0.15) is 26.3 Å². The normalized spacial score (nSPS) is 19.3. The van der Waals surface area contributed by atoms with Crippen molar-refractivity contribution in [1.82, 2.24) is 6.15 Å². The van der Waals surface area contributed by atoms with Gasteiger partial charge in [0.1, 0.15) is 0 Å². The lowest BCUT2D eigenvalue weighted by Crippen LogP contribution is -2.43. The van der Waals surface area contributed by atoms with Crippen LogP contribution in [0, 0.1) is 0 Å². The van der Waals surface area contributed by atoms with Gasteiger partial charge in [-0.3, -0.25) is 12.6 Å². The van der Waals surface area contributed by atoms with E-state index in [9.17, 15) is 30.6 Å². The summed E-state index contributed by atoms with van der Waals surface area (Å²) in [7, 11) is 1.73. The highest BCUT2D eigenvalue weighted by molar-refractivity contribution is 7.84. The molecular formula is C11H23F6N2O5S3-. The summed E-state index contributed by atoms with van der Waals surface area (Å²) >= 11 is -7.87. The van der Waals surface area contributed by atoms with Crippen LogP contribution in [0.3, 0.4) is 0 Å². The molecule has 168 valence electrons. The van der Waals surface area contributed by atoms with E-state index < -0.39 is 44.0 Å². The topological polar surface area (TPSA) is 132 Å². The number of rotatable bonds is 4. The molecule has 0 spiro atoms. The molecule has 16 heteroatoms. The van der Waals surface area contributed by atoms with Crippen molar-refractivity contribution in [2.45, 2.75) is 30.8 Å². The fourth-order valence-corrected chi connectivity index (χ4v) is 2.72. The number of likely N-dealkylation sites (tertiary alicyclic amines) is 1. The van der Waals surface area contributed by atoms with Gasteiger partial charge in [-0.1, -0.05) is 6.92 Å². The SMILES string of the molecule is CCS(=O)CC[N+]1(C)CCCC1.N.O=S([O-])C(F)(F)F.O=S([O-])C(F)(F)F. The van der Waals surface area contributed by atoms with E-state index in [1.165, 1.54) is 25.9 Å². The zero-order chi connectivity index (χ0) is 21.2. The summed E-state index contributed by atoms with van der Waals surface area (Å²) < 4.78 is 111. The number of quaternary nitrogens is 1. The first kappa shape index (κ1) is 31.6. The second-order valence-electron chi connectivity index (χ2n) is 5.29. The lowest BCUT2D eigenvalue weighted by molar-refractivity contribution is -0.895. The molecule has 0 bridgehead atoms. The van der Waals surface area contributed by atoms with E-state index in [1.54, 1.807) is 0 Å². The lowest BCUT2D eigenvalue weighted by Gasteiger charge is -2.28. The molecule has 1 rings (SSSR count). The molecular weight excluding hydrogens is 450 g/mol. The van der Waals surface area contributed by atoms with Crippen LogP contribution < -0.4 is 6.15 Å². The van der Waals surface area contributed by atoms with Gasteiger partial charge < -0.3 is 19.7 Å². The molecule has 1 saturated heterocycles. The molecule has 0 aliphatic carbocycles. The molecule has 0 saturated carbocycles. The number of hydrogen-bond donors (Lipinski definition) is 1. The Bertz CT molecular complexity index is 460. The van der Waals surface area contributed by atoms with Crippen LogP contribution in [0.1, 0.15) is 19.8 Å². The van der Waals surface area contributed by atoms with Crippen LogP contribution in [0.4, 0.5) is 26.3 Å². The Labute approximate surface area is 161 Å². The zero-order valence-corrected chi connectivity index (χ0v) is 17.1. The van der Waals surface area contributed by atoms with Crippen LogP contribution >= 0.6 is 0 Å². The molecule has 0 radical (unpaired) electrons. The van der Waals surface area contributed by atoms with Crippen molar-refractivity contribution >= 4 is 33.0 Å². The second kappa shape index (κ2) is 13.9. The van der Waals surface area contributed by atoms with Gasteiger partial charge in [-0.25, -0.2) is 0 Å². The summed E-state index contributed by atoms with van der Waals surface area (Å²) in [6.07, 6.45) is 2.71. The van der Waals surface area contributed by atoms with Crippen molar-refractivity contribution in [3.05, 3.63) is 0 Å². The van der Waals surface area contributed by atoms with E-state index in [1.807, 2.05) is 6.92 Å². The van der Waals surface area contributed by atoms with E-state index in [0.717, 1.165) is 22.5 Å². The number of alkyl halides is 6. The van der Waals surface area contributed by atoms with Crippen molar-refractivity contribution in [2.24, 2.45) is 0 Å². The molecule has 0 aromatic heterocycles. The maximum absolute atomic E-state index is 11.2. The maximum Gasteiger partial charge on any atom is 0.458 e. The molecule has 27 heavy (non-hydrogen) atoms. The molecule has 0 amide bonds. The zero-order valence-electron chi connectivity index (χ0n) is 14.6. The highest BCUT2D eigenvalue weighted by Crippen LogP contribution is 2.17. The first-order valence-corrected chi connectivity index (χ1v) is 10.7. The summed E-state index contributed by atoms with van der Waals surface area (Å²) in [5, 5.41) is 0. The predicted octanol–water partition coefficient (Wildman–Crippen LogP) is 1.93. The molecule has 1 aliphatic heterocycles. The van der Waals surface area contributed by atoms with Gasteiger partial charge in [0.2, 0.25) is 0 Å². The van der Waals surface area contributed by atoms with Crippen LogP contribution in [0.5, 0.6) is 0 Å². The second-order valence-corrected chi connectivity index (χ2v) is 9.02. The van der Waals surface area contributed by atoms with E-state index in [0.29, 0.717) is 0 Å². The fraction of sp³-hybridized carbons (Fsp3) is 1.00. The summed E-state index contributed by atoms with van der Waals surface area (Å²) in [6.45, 7) is 5.70. The molecule has 1 heterocycles. The van der Waals surface area contributed by atoms with Crippen molar-refractivity contribution in [1.29, 1.82) is 0 Å². The van der Waals surface area contributed by atoms with E-state index >= 15 is 0 Å². The van der Waals surface area contributed by atoms with Gasteiger partial charge in [-0.05, 0) is 0 Å². The van der Waals surface area contributed by atoms with Gasteiger partial charge in [-0.15, -0.1) is 0 Å². The average Bonchev–Trinajstić information content (AvgIpc) is 2.91. The number of halogens is 6. The highest BCUT2D eigenvalue weighted by Gasteiger charge is 2.29. The highest BCUT2D eigenvalue weighted by atomic mass is 32.2. The Morgan fingerprint density at radius 3 is 1.41 bits per heavy atom. The number of nitrogens with zero attached hydrogens (tertiary/aromatic N) is 1. The summed E-state index contributed by atoms with van der Waals surface area (Å²) in [6, 6.07) is 0. The van der Waals surface area contributed by atoms with Crippen molar-refractivity contribution in [3.63, 3.8) is 0 Å². The van der Waals surface area contributed by atoms with Gasteiger partial charge in [0, 0.05) is 29.4 Å². The summed E-state index contributed by atoms with van der Waals surface area (Å²) in [5.74, 6) is 1.72. The third-order valence-corrected chi connectivity index (χ3v) is 5.24. The minimum absolute atomic E-state index is 0. The van der Waals surface area contributed by atoms with Gasteiger partial charge in [0.25, 0.3) is 0 Å². The van der Waals surface area contributed by atoms with E-state index in [-0.39, 0.29) is 6.15 Å². The third-order valence-electron chi connectivity index (χ3n) is 3.20. The van der Waals surface area contributed by atoms with Crippen LogP contribution in [0.25, 0.3) is 0 Å².